The van der Waals surface area contributed by atoms with Gasteiger partial charge in [0.1, 0.15) is 0 Å². The molecule has 0 aliphatic rings. The molecule has 15 heavy (non-hydrogen) atoms. The molecule has 4 N–H and O–H groups in total. The zero-order chi connectivity index (χ0) is 11.3. The van der Waals surface area contributed by atoms with Gasteiger partial charge in [0.2, 0.25) is 5.91 Å². The third-order valence-electron chi connectivity index (χ3n) is 1.84. The summed E-state index contributed by atoms with van der Waals surface area (Å²) in [4.78, 5) is 11.1. The third-order valence-corrected chi connectivity index (χ3v) is 1.94. The van der Waals surface area contributed by atoms with Crippen LogP contribution in [0.15, 0.2) is 24.3 Å². The Morgan fingerprint density at radius 2 is 2.27 bits per heavy atom. The van der Waals surface area contributed by atoms with E-state index in [0.29, 0.717) is 6.42 Å². The number of amides is 1. The average molecular weight is 223 g/mol. The number of hydrogen-bond acceptors (Lipinski definition) is 2. The minimum absolute atomic E-state index is 0.0255. The number of thiocarbonyl (C=S) groups is 1. The van der Waals surface area contributed by atoms with Gasteiger partial charge in [-0.05, 0) is 29.9 Å². The van der Waals surface area contributed by atoms with Gasteiger partial charge >= 0.3 is 0 Å². The van der Waals surface area contributed by atoms with E-state index in [2.05, 4.69) is 10.6 Å². The molecule has 0 saturated carbocycles. The lowest BCUT2D eigenvalue weighted by Gasteiger charge is -2.06. The van der Waals surface area contributed by atoms with Gasteiger partial charge in [-0.1, -0.05) is 12.1 Å². The fraction of sp³-hybridized carbons (Fsp3) is 0.200. The third kappa shape index (κ3) is 3.95. The van der Waals surface area contributed by atoms with Crippen molar-refractivity contribution in [2.75, 3.05) is 12.4 Å². The molecule has 80 valence electrons. The van der Waals surface area contributed by atoms with E-state index in [1.54, 1.807) is 7.05 Å². The van der Waals surface area contributed by atoms with E-state index < -0.39 is 0 Å². The lowest BCUT2D eigenvalue weighted by atomic mass is 10.1. The van der Waals surface area contributed by atoms with E-state index in [1.807, 2.05) is 24.3 Å². The van der Waals surface area contributed by atoms with Gasteiger partial charge in [-0.3, -0.25) is 4.79 Å². The van der Waals surface area contributed by atoms with Crippen LogP contribution in [0.4, 0.5) is 5.69 Å². The van der Waals surface area contributed by atoms with Crippen LogP contribution in [0.25, 0.3) is 0 Å². The van der Waals surface area contributed by atoms with Crippen LogP contribution in [0, 0.1) is 0 Å². The number of rotatable bonds is 3. The van der Waals surface area contributed by atoms with E-state index in [-0.39, 0.29) is 11.0 Å². The Morgan fingerprint density at radius 1 is 1.53 bits per heavy atom. The fourth-order valence-corrected chi connectivity index (χ4v) is 1.29. The summed E-state index contributed by atoms with van der Waals surface area (Å²) in [5, 5.41) is 5.59. The molecule has 0 radical (unpaired) electrons. The zero-order valence-corrected chi connectivity index (χ0v) is 9.23. The van der Waals surface area contributed by atoms with E-state index in [1.165, 1.54) is 0 Å². The molecular formula is C10H13N3OS. The largest absolute Gasteiger partial charge is 0.376 e. The van der Waals surface area contributed by atoms with Gasteiger partial charge in [0.15, 0.2) is 5.11 Å². The first kappa shape index (κ1) is 11.5. The molecule has 0 atom stereocenters. The molecule has 0 heterocycles. The molecule has 5 heteroatoms. The van der Waals surface area contributed by atoms with Crippen molar-refractivity contribution in [1.29, 1.82) is 0 Å². The molecule has 4 nitrogen and oxygen atoms in total. The molecule has 0 fully saturated rings. The molecule has 1 amide bonds. The second-order valence-corrected chi connectivity index (χ2v) is 3.48. The van der Waals surface area contributed by atoms with Gasteiger partial charge in [0, 0.05) is 12.7 Å². The normalized spacial score (nSPS) is 9.40. The molecule has 1 aromatic carbocycles. The summed E-state index contributed by atoms with van der Waals surface area (Å²) in [5.74, 6) is -0.0255. The highest BCUT2D eigenvalue weighted by molar-refractivity contribution is 7.80. The van der Waals surface area contributed by atoms with Crippen molar-refractivity contribution in [3.8, 4) is 0 Å². The fourth-order valence-electron chi connectivity index (χ4n) is 1.18. The predicted molar refractivity (Wildman–Crippen MR) is 64.6 cm³/mol. The SMILES string of the molecule is CNC(=O)Cc1cccc(NC(N)=S)c1. The molecule has 0 aliphatic heterocycles. The molecule has 1 rings (SSSR count). The van der Waals surface area contributed by atoms with Crippen molar-refractivity contribution in [1.82, 2.24) is 5.32 Å². The predicted octanol–water partition coefficient (Wildman–Crippen LogP) is 0.631. The van der Waals surface area contributed by atoms with Gasteiger partial charge in [0.05, 0.1) is 6.42 Å². The van der Waals surface area contributed by atoms with Crippen LogP contribution in [0.2, 0.25) is 0 Å². The monoisotopic (exact) mass is 223 g/mol. The Kier molecular flexibility index (Phi) is 4.05. The van der Waals surface area contributed by atoms with Gasteiger partial charge in [-0.25, -0.2) is 0 Å². The van der Waals surface area contributed by atoms with Crippen LogP contribution in [-0.4, -0.2) is 18.1 Å². The summed E-state index contributed by atoms with van der Waals surface area (Å²) >= 11 is 4.72. The maximum atomic E-state index is 11.1. The number of carbonyl (C=O) groups is 1. The molecule has 0 spiro atoms. The second-order valence-electron chi connectivity index (χ2n) is 3.04. The van der Waals surface area contributed by atoms with E-state index in [4.69, 9.17) is 18.0 Å². The van der Waals surface area contributed by atoms with Crippen molar-refractivity contribution in [2.45, 2.75) is 6.42 Å². The number of benzene rings is 1. The number of carbonyl (C=O) groups excluding carboxylic acids is 1. The van der Waals surface area contributed by atoms with Crippen LogP contribution >= 0.6 is 12.2 Å². The minimum atomic E-state index is -0.0255. The minimum Gasteiger partial charge on any atom is -0.376 e. The maximum Gasteiger partial charge on any atom is 0.224 e. The Balaban J connectivity index is 2.74. The Bertz CT molecular complexity index is 379. The lowest BCUT2D eigenvalue weighted by molar-refractivity contribution is -0.119. The highest BCUT2D eigenvalue weighted by Crippen LogP contribution is 2.10. The molecule has 1 aromatic rings. The molecule has 0 aromatic heterocycles. The summed E-state index contributed by atoms with van der Waals surface area (Å²) in [6.07, 6.45) is 0.351. The lowest BCUT2D eigenvalue weighted by Crippen LogP contribution is -2.21. The standard InChI is InChI=1S/C10H13N3OS/c1-12-9(14)6-7-3-2-4-8(5-7)13-10(11)15/h2-5H,6H2,1H3,(H,12,14)(H3,11,13,15). The molecule has 0 unspecified atom stereocenters. The summed E-state index contributed by atoms with van der Waals surface area (Å²) < 4.78 is 0. The van der Waals surface area contributed by atoms with Gasteiger partial charge in [-0.15, -0.1) is 0 Å². The zero-order valence-electron chi connectivity index (χ0n) is 8.41. The van der Waals surface area contributed by atoms with Gasteiger partial charge in [0.25, 0.3) is 0 Å². The highest BCUT2D eigenvalue weighted by atomic mass is 32.1. The Labute approximate surface area is 93.9 Å². The summed E-state index contributed by atoms with van der Waals surface area (Å²) in [5.41, 5.74) is 7.05. The maximum absolute atomic E-state index is 11.1. The molecule has 0 bridgehead atoms. The van der Waals surface area contributed by atoms with E-state index >= 15 is 0 Å². The number of anilines is 1. The average Bonchev–Trinajstić information content (AvgIpc) is 2.17. The number of nitrogens with one attached hydrogen (secondary N) is 2. The number of nitrogens with two attached hydrogens (primary N) is 1. The van der Waals surface area contributed by atoms with E-state index in [0.717, 1.165) is 11.3 Å². The summed E-state index contributed by atoms with van der Waals surface area (Å²) in [6.45, 7) is 0. The van der Waals surface area contributed by atoms with Crippen molar-refractivity contribution >= 4 is 28.9 Å². The van der Waals surface area contributed by atoms with Crippen LogP contribution in [0.3, 0.4) is 0 Å². The number of hydrogen-bond donors (Lipinski definition) is 3. The smallest absolute Gasteiger partial charge is 0.224 e. The summed E-state index contributed by atoms with van der Waals surface area (Å²) in [6, 6.07) is 7.40. The first-order valence-corrected chi connectivity index (χ1v) is 4.88. The highest BCUT2D eigenvalue weighted by Gasteiger charge is 2.01. The van der Waals surface area contributed by atoms with Crippen molar-refractivity contribution < 1.29 is 4.79 Å². The van der Waals surface area contributed by atoms with Crippen molar-refractivity contribution in [3.05, 3.63) is 29.8 Å². The van der Waals surface area contributed by atoms with Gasteiger partial charge < -0.3 is 16.4 Å². The van der Waals surface area contributed by atoms with Crippen molar-refractivity contribution in [2.24, 2.45) is 5.73 Å². The first-order chi connectivity index (χ1) is 7.11. The van der Waals surface area contributed by atoms with Crippen molar-refractivity contribution in [3.63, 3.8) is 0 Å². The molecule has 0 aliphatic carbocycles. The van der Waals surface area contributed by atoms with Crippen LogP contribution in [-0.2, 0) is 11.2 Å². The summed E-state index contributed by atoms with van der Waals surface area (Å²) in [7, 11) is 1.61. The van der Waals surface area contributed by atoms with Gasteiger partial charge in [-0.2, -0.15) is 0 Å². The quantitative estimate of drug-likeness (QED) is 0.658. The number of likely N-dealkylation sites (N-methyl/N-ethyl adjacent to an activating group) is 1. The molecule has 0 saturated heterocycles. The Morgan fingerprint density at radius 3 is 2.87 bits per heavy atom. The molecular weight excluding hydrogens is 210 g/mol. The topological polar surface area (TPSA) is 67.2 Å². The first-order valence-electron chi connectivity index (χ1n) is 4.48. The second kappa shape index (κ2) is 5.31. The van der Waals surface area contributed by atoms with Crippen LogP contribution in [0.5, 0.6) is 0 Å². The van der Waals surface area contributed by atoms with Crippen LogP contribution in [0.1, 0.15) is 5.56 Å². The van der Waals surface area contributed by atoms with E-state index in [9.17, 15) is 4.79 Å². The Hall–Kier alpha value is -1.62. The van der Waals surface area contributed by atoms with Crippen LogP contribution < -0.4 is 16.4 Å².